The number of fused-ring (bicyclic) bond motifs is 1. The summed E-state index contributed by atoms with van der Waals surface area (Å²) in [4.78, 5) is 12.5. The smallest absolute Gasteiger partial charge is 0.312 e. The fourth-order valence-corrected chi connectivity index (χ4v) is 5.09. The van der Waals surface area contributed by atoms with Crippen molar-refractivity contribution in [2.75, 3.05) is 6.61 Å². The van der Waals surface area contributed by atoms with Crippen LogP contribution in [0.5, 0.6) is 0 Å². The minimum atomic E-state index is -0.136. The molecule has 2 aliphatic rings. The minimum Gasteiger partial charge on any atom is -0.466 e. The van der Waals surface area contributed by atoms with E-state index in [-0.39, 0.29) is 11.4 Å². The molecule has 1 aromatic carbocycles. The third kappa shape index (κ3) is 3.18. The van der Waals surface area contributed by atoms with Gasteiger partial charge in [-0.05, 0) is 82.3 Å². The van der Waals surface area contributed by atoms with Gasteiger partial charge in [0.1, 0.15) is 0 Å². The molecule has 3 rings (SSSR count). The number of rotatable bonds is 5. The van der Waals surface area contributed by atoms with Crippen molar-refractivity contribution in [1.29, 1.82) is 0 Å². The quantitative estimate of drug-likeness (QED) is 0.715. The molecule has 3 atom stereocenters. The van der Waals surface area contributed by atoms with E-state index in [1.54, 1.807) is 0 Å². The average molecular weight is 314 g/mol. The molecule has 0 spiro atoms. The van der Waals surface area contributed by atoms with Crippen LogP contribution in [0.4, 0.5) is 0 Å². The van der Waals surface area contributed by atoms with Crippen molar-refractivity contribution in [2.45, 2.75) is 65.7 Å². The molecule has 2 nitrogen and oxygen atoms in total. The maximum Gasteiger partial charge on any atom is 0.312 e. The SMILES string of the molecule is CCOC(=O)C12CCCC1CC(CCc1ccc(C)cc1C)C2. The number of benzene rings is 1. The van der Waals surface area contributed by atoms with E-state index in [9.17, 15) is 4.79 Å². The first-order chi connectivity index (χ1) is 11.0. The zero-order valence-corrected chi connectivity index (χ0v) is 14.9. The summed E-state index contributed by atoms with van der Waals surface area (Å²) in [6, 6.07) is 6.77. The van der Waals surface area contributed by atoms with Crippen molar-refractivity contribution in [1.82, 2.24) is 0 Å². The van der Waals surface area contributed by atoms with E-state index in [1.165, 1.54) is 42.4 Å². The number of esters is 1. The van der Waals surface area contributed by atoms with Gasteiger partial charge in [0, 0.05) is 0 Å². The third-order valence-corrected chi connectivity index (χ3v) is 6.23. The minimum absolute atomic E-state index is 0.0940. The van der Waals surface area contributed by atoms with E-state index in [4.69, 9.17) is 4.74 Å². The Balaban J connectivity index is 1.64. The van der Waals surface area contributed by atoms with Gasteiger partial charge >= 0.3 is 5.97 Å². The van der Waals surface area contributed by atoms with Gasteiger partial charge in [0.05, 0.1) is 12.0 Å². The molecule has 0 bridgehead atoms. The second-order valence-corrected chi connectivity index (χ2v) is 7.74. The lowest BCUT2D eigenvalue weighted by molar-refractivity contribution is -0.156. The fraction of sp³-hybridized carbons (Fsp3) is 0.667. The van der Waals surface area contributed by atoms with Crippen molar-refractivity contribution in [3.05, 3.63) is 34.9 Å². The van der Waals surface area contributed by atoms with Crippen molar-refractivity contribution in [3.63, 3.8) is 0 Å². The van der Waals surface area contributed by atoms with Crippen LogP contribution in [0.15, 0.2) is 18.2 Å². The molecule has 0 aromatic heterocycles. The molecule has 126 valence electrons. The highest BCUT2D eigenvalue weighted by molar-refractivity contribution is 5.78. The summed E-state index contributed by atoms with van der Waals surface area (Å²) in [5, 5.41) is 0. The first kappa shape index (κ1) is 16.5. The van der Waals surface area contributed by atoms with Gasteiger partial charge in [-0.25, -0.2) is 0 Å². The predicted octanol–water partition coefficient (Wildman–Crippen LogP) is 5.00. The van der Waals surface area contributed by atoms with Gasteiger partial charge in [0.15, 0.2) is 0 Å². The summed E-state index contributed by atoms with van der Waals surface area (Å²) in [5.74, 6) is 1.35. The van der Waals surface area contributed by atoms with Crippen molar-refractivity contribution in [2.24, 2.45) is 17.3 Å². The van der Waals surface area contributed by atoms with Gasteiger partial charge in [-0.1, -0.05) is 30.2 Å². The normalized spacial score (nSPS) is 29.5. The Morgan fingerprint density at radius 1 is 1.35 bits per heavy atom. The number of carbonyl (C=O) groups is 1. The largest absolute Gasteiger partial charge is 0.466 e. The molecule has 3 unspecified atom stereocenters. The zero-order chi connectivity index (χ0) is 16.4. The molecule has 2 aliphatic carbocycles. The summed E-state index contributed by atoms with van der Waals surface area (Å²) in [6.45, 7) is 6.80. The van der Waals surface area contributed by atoms with Crippen LogP contribution in [-0.4, -0.2) is 12.6 Å². The van der Waals surface area contributed by atoms with Crippen LogP contribution >= 0.6 is 0 Å². The van der Waals surface area contributed by atoms with Crippen LogP contribution in [0.25, 0.3) is 0 Å². The van der Waals surface area contributed by atoms with E-state index < -0.39 is 0 Å². The lowest BCUT2D eigenvalue weighted by atomic mass is 9.80. The molecular weight excluding hydrogens is 284 g/mol. The molecule has 2 heteroatoms. The van der Waals surface area contributed by atoms with E-state index in [2.05, 4.69) is 32.0 Å². The predicted molar refractivity (Wildman–Crippen MR) is 93.4 cm³/mol. The molecule has 23 heavy (non-hydrogen) atoms. The summed E-state index contributed by atoms with van der Waals surface area (Å²) >= 11 is 0. The average Bonchev–Trinajstić information content (AvgIpc) is 3.04. The second-order valence-electron chi connectivity index (χ2n) is 7.74. The fourth-order valence-electron chi connectivity index (χ4n) is 5.09. The Morgan fingerprint density at radius 2 is 2.17 bits per heavy atom. The van der Waals surface area contributed by atoms with E-state index in [0.29, 0.717) is 18.4 Å². The Labute approximate surface area is 140 Å². The van der Waals surface area contributed by atoms with Gasteiger partial charge < -0.3 is 4.74 Å². The number of hydrogen-bond donors (Lipinski definition) is 0. The van der Waals surface area contributed by atoms with E-state index in [1.807, 2.05) is 6.92 Å². The Kier molecular flexibility index (Phi) is 4.79. The number of hydrogen-bond acceptors (Lipinski definition) is 2. The monoisotopic (exact) mass is 314 g/mol. The number of ether oxygens (including phenoxy) is 1. The lowest BCUT2D eigenvalue weighted by Gasteiger charge is -2.26. The van der Waals surface area contributed by atoms with Gasteiger partial charge in [0.25, 0.3) is 0 Å². The molecule has 0 radical (unpaired) electrons. The van der Waals surface area contributed by atoms with Crippen LogP contribution in [-0.2, 0) is 16.0 Å². The molecule has 0 aliphatic heterocycles. The van der Waals surface area contributed by atoms with E-state index in [0.717, 1.165) is 19.3 Å². The molecule has 0 N–H and O–H groups in total. The molecule has 0 amide bonds. The summed E-state index contributed by atoms with van der Waals surface area (Å²) in [7, 11) is 0. The molecule has 2 saturated carbocycles. The maximum atomic E-state index is 12.5. The van der Waals surface area contributed by atoms with Crippen molar-refractivity contribution >= 4 is 5.97 Å². The molecule has 0 saturated heterocycles. The summed E-state index contributed by atoms with van der Waals surface area (Å²) in [5.41, 5.74) is 4.08. The van der Waals surface area contributed by atoms with Crippen molar-refractivity contribution in [3.8, 4) is 0 Å². The Bertz CT molecular complexity index is 577. The van der Waals surface area contributed by atoms with E-state index >= 15 is 0 Å². The molecule has 0 heterocycles. The van der Waals surface area contributed by atoms with Crippen LogP contribution in [0, 0.1) is 31.1 Å². The highest BCUT2D eigenvalue weighted by atomic mass is 16.5. The molecular formula is C21H30O2. The van der Waals surface area contributed by atoms with Gasteiger partial charge in [-0.2, -0.15) is 0 Å². The Morgan fingerprint density at radius 3 is 2.91 bits per heavy atom. The topological polar surface area (TPSA) is 26.3 Å². The number of carbonyl (C=O) groups excluding carboxylic acids is 1. The highest BCUT2D eigenvalue weighted by Gasteiger charge is 2.55. The summed E-state index contributed by atoms with van der Waals surface area (Å²) in [6.07, 6.45) is 8.11. The highest BCUT2D eigenvalue weighted by Crippen LogP contribution is 2.57. The van der Waals surface area contributed by atoms with Crippen LogP contribution < -0.4 is 0 Å². The van der Waals surface area contributed by atoms with Crippen LogP contribution in [0.3, 0.4) is 0 Å². The number of aryl methyl sites for hydroxylation is 3. The second kappa shape index (κ2) is 6.67. The van der Waals surface area contributed by atoms with Gasteiger partial charge in [-0.3, -0.25) is 4.79 Å². The standard InChI is InChI=1S/C21H30O2/c1-4-23-20(22)21-11-5-6-19(21)13-17(14-21)8-10-18-9-7-15(2)12-16(18)3/h7,9,12,17,19H,4-6,8,10-11,13-14H2,1-3H3. The lowest BCUT2D eigenvalue weighted by Crippen LogP contribution is -2.32. The molecule has 1 aromatic rings. The Hall–Kier alpha value is -1.31. The van der Waals surface area contributed by atoms with Gasteiger partial charge in [0.2, 0.25) is 0 Å². The van der Waals surface area contributed by atoms with Crippen molar-refractivity contribution < 1.29 is 9.53 Å². The van der Waals surface area contributed by atoms with Crippen LogP contribution in [0.2, 0.25) is 0 Å². The van der Waals surface area contributed by atoms with Crippen LogP contribution in [0.1, 0.15) is 62.1 Å². The zero-order valence-electron chi connectivity index (χ0n) is 14.9. The first-order valence-electron chi connectivity index (χ1n) is 9.28. The summed E-state index contributed by atoms with van der Waals surface area (Å²) < 4.78 is 5.43. The maximum absolute atomic E-state index is 12.5. The first-order valence-corrected chi connectivity index (χ1v) is 9.28. The third-order valence-electron chi connectivity index (χ3n) is 6.23. The molecule has 2 fully saturated rings. The van der Waals surface area contributed by atoms with Gasteiger partial charge in [-0.15, -0.1) is 0 Å².